The molecule has 8 heteroatoms. The molecule has 0 aliphatic carbocycles. The molecule has 0 saturated carbocycles. The van der Waals surface area contributed by atoms with Crippen LogP contribution in [0.4, 0.5) is 4.79 Å². The molecule has 0 aliphatic rings. The summed E-state index contributed by atoms with van der Waals surface area (Å²) < 4.78 is 10.1. The first-order valence-electron chi connectivity index (χ1n) is 8.20. The number of ether oxygens (including phenoxy) is 2. The van der Waals surface area contributed by atoms with Crippen molar-refractivity contribution in [3.8, 4) is 16.9 Å². The molecule has 3 aromatic heterocycles. The third kappa shape index (κ3) is 3.13. The van der Waals surface area contributed by atoms with Gasteiger partial charge in [-0.15, -0.1) is 0 Å². The number of benzene rings is 1. The van der Waals surface area contributed by atoms with Crippen molar-refractivity contribution in [2.75, 3.05) is 6.61 Å². The van der Waals surface area contributed by atoms with Crippen LogP contribution in [-0.4, -0.2) is 27.7 Å². The maximum Gasteiger partial charge on any atom is 0.513 e. The van der Waals surface area contributed by atoms with Crippen molar-refractivity contribution >= 4 is 39.6 Å². The lowest BCUT2D eigenvalue weighted by Crippen LogP contribution is -2.10. The molecule has 0 radical (unpaired) electrons. The zero-order valence-electron chi connectivity index (χ0n) is 14.2. The highest BCUT2D eigenvalue weighted by Gasteiger charge is 2.16. The number of rotatable bonds is 3. The van der Waals surface area contributed by atoms with E-state index in [9.17, 15) is 9.59 Å². The summed E-state index contributed by atoms with van der Waals surface area (Å²) in [5, 5.41) is 1.63. The molecular weight excluding hydrogens is 370 g/mol. The Balaban J connectivity index is 1.93. The van der Waals surface area contributed by atoms with Crippen LogP contribution in [0.25, 0.3) is 32.9 Å². The Morgan fingerprint density at radius 3 is 2.78 bits per heavy atom. The van der Waals surface area contributed by atoms with Crippen molar-refractivity contribution < 1.29 is 14.3 Å². The van der Waals surface area contributed by atoms with Gasteiger partial charge in [0.2, 0.25) is 0 Å². The number of carbonyl (C=O) groups is 1. The van der Waals surface area contributed by atoms with Crippen LogP contribution in [0.3, 0.4) is 0 Å². The van der Waals surface area contributed by atoms with E-state index >= 15 is 0 Å². The number of aromatic nitrogens is 3. The van der Waals surface area contributed by atoms with Gasteiger partial charge in [-0.05, 0) is 36.8 Å². The van der Waals surface area contributed by atoms with Crippen LogP contribution in [0.15, 0.2) is 47.5 Å². The summed E-state index contributed by atoms with van der Waals surface area (Å²) >= 11 is 5.85. The van der Waals surface area contributed by atoms with Crippen LogP contribution in [0.1, 0.15) is 6.92 Å². The number of halogens is 1. The van der Waals surface area contributed by atoms with Gasteiger partial charge in [0, 0.05) is 28.9 Å². The van der Waals surface area contributed by atoms with E-state index in [1.54, 1.807) is 25.3 Å². The van der Waals surface area contributed by atoms with Gasteiger partial charge in [0.25, 0.3) is 5.56 Å². The lowest BCUT2D eigenvalue weighted by Gasteiger charge is -2.07. The Bertz CT molecular complexity index is 1210. The van der Waals surface area contributed by atoms with Gasteiger partial charge in [0.1, 0.15) is 10.7 Å². The van der Waals surface area contributed by atoms with Crippen molar-refractivity contribution in [2.24, 2.45) is 0 Å². The first-order chi connectivity index (χ1) is 13.1. The molecular formula is C19H14ClN3O4. The first kappa shape index (κ1) is 17.1. The van der Waals surface area contributed by atoms with E-state index < -0.39 is 6.16 Å². The van der Waals surface area contributed by atoms with Gasteiger partial charge in [-0.2, -0.15) is 0 Å². The van der Waals surface area contributed by atoms with Crippen LogP contribution in [0, 0.1) is 0 Å². The van der Waals surface area contributed by atoms with Gasteiger partial charge in [0.05, 0.1) is 12.0 Å². The van der Waals surface area contributed by atoms with E-state index in [1.807, 2.05) is 18.2 Å². The van der Waals surface area contributed by atoms with Gasteiger partial charge >= 0.3 is 6.16 Å². The Morgan fingerprint density at radius 2 is 2.04 bits per heavy atom. The van der Waals surface area contributed by atoms with Crippen molar-refractivity contribution in [1.82, 2.24) is 15.0 Å². The lowest BCUT2D eigenvalue weighted by atomic mass is 10.0. The Hall–Kier alpha value is -3.32. The maximum atomic E-state index is 12.3. The number of pyridine rings is 2. The molecule has 0 atom stereocenters. The molecule has 4 rings (SSSR count). The smallest absolute Gasteiger partial charge is 0.434 e. The number of nitrogens with one attached hydrogen (secondary N) is 2. The maximum absolute atomic E-state index is 12.3. The molecule has 0 bridgehead atoms. The lowest BCUT2D eigenvalue weighted by molar-refractivity contribution is 0.105. The Labute approximate surface area is 157 Å². The van der Waals surface area contributed by atoms with Crippen LogP contribution in [-0.2, 0) is 4.74 Å². The fourth-order valence-electron chi connectivity index (χ4n) is 2.94. The van der Waals surface area contributed by atoms with Gasteiger partial charge < -0.3 is 19.4 Å². The molecule has 7 nitrogen and oxygen atoms in total. The topological polar surface area (TPSA) is 97.1 Å². The Morgan fingerprint density at radius 1 is 1.22 bits per heavy atom. The molecule has 2 N–H and O–H groups in total. The number of hydrogen-bond acceptors (Lipinski definition) is 5. The van der Waals surface area contributed by atoms with Crippen LogP contribution >= 0.6 is 11.6 Å². The van der Waals surface area contributed by atoms with Crippen molar-refractivity contribution in [3.05, 3.63) is 58.2 Å². The zero-order valence-corrected chi connectivity index (χ0v) is 15.0. The molecule has 0 amide bonds. The van der Waals surface area contributed by atoms with Crippen molar-refractivity contribution in [2.45, 2.75) is 6.92 Å². The second-order valence-corrected chi connectivity index (χ2v) is 6.16. The second-order valence-electron chi connectivity index (χ2n) is 5.77. The summed E-state index contributed by atoms with van der Waals surface area (Å²) in [5.74, 6) is 0.228. The SMILES string of the molecule is CCOC(=O)Oc1c[nH]c2c(=O)[nH]c3ccc(-c4ccc(Cl)nc4)cc3c12. The van der Waals surface area contributed by atoms with Crippen molar-refractivity contribution in [3.63, 3.8) is 0 Å². The molecule has 1 aromatic carbocycles. The van der Waals surface area contributed by atoms with E-state index in [0.29, 0.717) is 21.6 Å². The number of aromatic amines is 2. The van der Waals surface area contributed by atoms with E-state index in [4.69, 9.17) is 21.1 Å². The minimum atomic E-state index is -0.829. The van der Waals surface area contributed by atoms with E-state index in [0.717, 1.165) is 16.5 Å². The molecule has 0 unspecified atom stereocenters. The van der Waals surface area contributed by atoms with E-state index in [-0.39, 0.29) is 17.9 Å². The Kier molecular flexibility index (Phi) is 4.29. The highest BCUT2D eigenvalue weighted by molar-refractivity contribution is 6.29. The average molecular weight is 384 g/mol. The monoisotopic (exact) mass is 383 g/mol. The summed E-state index contributed by atoms with van der Waals surface area (Å²) in [7, 11) is 0. The van der Waals surface area contributed by atoms with Gasteiger partial charge in [0.15, 0.2) is 5.75 Å². The van der Waals surface area contributed by atoms with Gasteiger partial charge in [-0.1, -0.05) is 17.7 Å². The molecule has 136 valence electrons. The quantitative estimate of drug-likeness (QED) is 0.407. The highest BCUT2D eigenvalue weighted by atomic mass is 35.5. The molecule has 0 saturated heterocycles. The average Bonchev–Trinajstić information content (AvgIpc) is 3.07. The molecule has 3 heterocycles. The van der Waals surface area contributed by atoms with E-state index in [1.165, 1.54) is 6.20 Å². The van der Waals surface area contributed by atoms with Crippen LogP contribution in [0.2, 0.25) is 5.15 Å². The second kappa shape index (κ2) is 6.77. The fourth-order valence-corrected chi connectivity index (χ4v) is 3.05. The summed E-state index contributed by atoms with van der Waals surface area (Å²) in [5.41, 5.74) is 2.36. The standard InChI is InChI=1S/C19H14ClN3O4/c1-2-26-19(25)27-14-9-22-17-16(14)12-7-10(3-5-13(12)23-18(17)24)11-4-6-15(20)21-8-11/h3-9,22H,2H2,1H3,(H,23,24). The minimum absolute atomic E-state index is 0.191. The number of fused-ring (bicyclic) bond motifs is 3. The number of carbonyl (C=O) groups excluding carboxylic acids is 1. The van der Waals surface area contributed by atoms with Crippen LogP contribution in [0.5, 0.6) is 5.75 Å². The first-order valence-corrected chi connectivity index (χ1v) is 8.58. The predicted molar refractivity (Wildman–Crippen MR) is 102 cm³/mol. The minimum Gasteiger partial charge on any atom is -0.434 e. The molecule has 4 aromatic rings. The molecule has 27 heavy (non-hydrogen) atoms. The van der Waals surface area contributed by atoms with Gasteiger partial charge in [-0.3, -0.25) is 4.79 Å². The summed E-state index contributed by atoms with van der Waals surface area (Å²) in [6.45, 7) is 1.87. The van der Waals surface area contributed by atoms with Gasteiger partial charge in [-0.25, -0.2) is 9.78 Å². The summed E-state index contributed by atoms with van der Waals surface area (Å²) in [6.07, 6.45) is 2.30. The third-order valence-corrected chi connectivity index (χ3v) is 4.35. The largest absolute Gasteiger partial charge is 0.513 e. The molecule has 0 fully saturated rings. The normalized spacial score (nSPS) is 11.0. The summed E-state index contributed by atoms with van der Waals surface area (Å²) in [4.78, 5) is 33.8. The molecule has 0 spiro atoms. The highest BCUT2D eigenvalue weighted by Crippen LogP contribution is 2.33. The summed E-state index contributed by atoms with van der Waals surface area (Å²) in [6, 6.07) is 9.11. The third-order valence-electron chi connectivity index (χ3n) is 4.12. The fraction of sp³-hybridized carbons (Fsp3) is 0.105. The zero-order chi connectivity index (χ0) is 19.0. The number of H-pyrrole nitrogens is 2. The van der Waals surface area contributed by atoms with Crippen molar-refractivity contribution in [1.29, 1.82) is 0 Å². The molecule has 0 aliphatic heterocycles. The number of nitrogens with zero attached hydrogens (tertiary/aromatic N) is 1. The van der Waals surface area contributed by atoms with E-state index in [2.05, 4.69) is 15.0 Å². The number of hydrogen-bond donors (Lipinski definition) is 2. The predicted octanol–water partition coefficient (Wildman–Crippen LogP) is 4.26. The van der Waals surface area contributed by atoms with Crippen LogP contribution < -0.4 is 10.3 Å².